The maximum absolute atomic E-state index is 6.08. The molecule has 0 bridgehead atoms. The molecule has 20 heavy (non-hydrogen) atoms. The number of hydrogen-bond acceptors (Lipinski definition) is 3. The fourth-order valence-electron chi connectivity index (χ4n) is 2.65. The van der Waals surface area contributed by atoms with Crippen molar-refractivity contribution in [2.75, 3.05) is 26.4 Å². The first kappa shape index (κ1) is 15.5. The van der Waals surface area contributed by atoms with Gasteiger partial charge in [0.25, 0.3) is 0 Å². The zero-order valence-corrected chi connectivity index (χ0v) is 12.9. The van der Waals surface area contributed by atoms with Crippen LogP contribution in [-0.2, 0) is 9.47 Å². The van der Waals surface area contributed by atoms with Gasteiger partial charge in [0, 0.05) is 12.5 Å². The van der Waals surface area contributed by atoms with E-state index in [0.29, 0.717) is 5.92 Å². The van der Waals surface area contributed by atoms with Crippen molar-refractivity contribution < 1.29 is 9.47 Å². The molecule has 0 aromatic heterocycles. The second kappa shape index (κ2) is 7.77. The van der Waals surface area contributed by atoms with Gasteiger partial charge >= 0.3 is 0 Å². The Morgan fingerprint density at radius 2 is 2.10 bits per heavy atom. The minimum atomic E-state index is 0.165. The lowest BCUT2D eigenvalue weighted by Gasteiger charge is -2.26. The van der Waals surface area contributed by atoms with E-state index in [1.807, 2.05) is 0 Å². The van der Waals surface area contributed by atoms with Crippen LogP contribution in [-0.4, -0.2) is 32.5 Å². The van der Waals surface area contributed by atoms with Crippen LogP contribution in [0, 0.1) is 12.8 Å². The predicted octanol–water partition coefficient (Wildman–Crippen LogP) is 3.09. The third-order valence-electron chi connectivity index (χ3n) is 3.95. The van der Waals surface area contributed by atoms with Gasteiger partial charge in [0.1, 0.15) is 0 Å². The molecule has 3 unspecified atom stereocenters. The summed E-state index contributed by atoms with van der Waals surface area (Å²) in [4.78, 5) is 0. The topological polar surface area (TPSA) is 30.5 Å². The molecule has 3 heteroatoms. The summed E-state index contributed by atoms with van der Waals surface area (Å²) in [5.74, 6) is 0.567. The van der Waals surface area contributed by atoms with Gasteiger partial charge in [-0.05, 0) is 32.4 Å². The highest BCUT2D eigenvalue weighted by Gasteiger charge is 2.22. The summed E-state index contributed by atoms with van der Waals surface area (Å²) >= 11 is 0. The van der Waals surface area contributed by atoms with Crippen LogP contribution in [0.1, 0.15) is 37.4 Å². The Morgan fingerprint density at radius 1 is 1.35 bits per heavy atom. The zero-order chi connectivity index (χ0) is 14.4. The van der Waals surface area contributed by atoms with E-state index in [1.54, 1.807) is 0 Å². The summed E-state index contributed by atoms with van der Waals surface area (Å²) < 4.78 is 11.5. The van der Waals surface area contributed by atoms with Gasteiger partial charge < -0.3 is 14.8 Å². The van der Waals surface area contributed by atoms with Gasteiger partial charge in [-0.1, -0.05) is 36.8 Å². The SMILES string of the molecule is CCNC(c1ccc(C)cc1)C(C)OCC1CCOC1. The first-order chi connectivity index (χ1) is 9.70. The second-order valence-electron chi connectivity index (χ2n) is 5.71. The lowest BCUT2D eigenvalue weighted by atomic mass is 10.0. The number of rotatable bonds is 7. The summed E-state index contributed by atoms with van der Waals surface area (Å²) in [5, 5.41) is 3.54. The first-order valence-electron chi connectivity index (χ1n) is 7.70. The smallest absolute Gasteiger partial charge is 0.0741 e. The monoisotopic (exact) mass is 277 g/mol. The van der Waals surface area contributed by atoms with Gasteiger partial charge in [0.05, 0.1) is 25.4 Å². The quantitative estimate of drug-likeness (QED) is 0.831. The van der Waals surface area contributed by atoms with E-state index in [9.17, 15) is 0 Å². The molecule has 0 saturated carbocycles. The standard InChI is InChI=1S/C17H27NO2/c1-4-18-17(16-7-5-13(2)6-8-16)14(3)20-12-15-9-10-19-11-15/h5-8,14-15,17-18H,4,9-12H2,1-3H3. The van der Waals surface area contributed by atoms with Crippen molar-refractivity contribution >= 4 is 0 Å². The molecule has 1 heterocycles. The van der Waals surface area contributed by atoms with Gasteiger partial charge in [-0.2, -0.15) is 0 Å². The van der Waals surface area contributed by atoms with E-state index >= 15 is 0 Å². The fourth-order valence-corrected chi connectivity index (χ4v) is 2.65. The van der Waals surface area contributed by atoms with Gasteiger partial charge in [0.15, 0.2) is 0 Å². The van der Waals surface area contributed by atoms with Crippen molar-refractivity contribution in [1.82, 2.24) is 5.32 Å². The summed E-state index contributed by atoms with van der Waals surface area (Å²) in [6.07, 6.45) is 1.29. The van der Waals surface area contributed by atoms with Crippen molar-refractivity contribution in [2.45, 2.75) is 39.3 Å². The van der Waals surface area contributed by atoms with Crippen LogP contribution in [0.4, 0.5) is 0 Å². The largest absolute Gasteiger partial charge is 0.381 e. The predicted molar refractivity (Wildman–Crippen MR) is 81.9 cm³/mol. The maximum Gasteiger partial charge on any atom is 0.0741 e. The summed E-state index contributed by atoms with van der Waals surface area (Å²) in [5.41, 5.74) is 2.59. The van der Waals surface area contributed by atoms with E-state index in [0.717, 1.165) is 32.8 Å². The normalized spacial score (nSPS) is 21.9. The molecule has 0 spiro atoms. The molecule has 0 aliphatic carbocycles. The molecule has 1 saturated heterocycles. The molecule has 1 aliphatic heterocycles. The Balaban J connectivity index is 1.93. The summed E-state index contributed by atoms with van der Waals surface area (Å²) in [6, 6.07) is 8.97. The maximum atomic E-state index is 6.08. The van der Waals surface area contributed by atoms with Crippen molar-refractivity contribution in [3.63, 3.8) is 0 Å². The highest BCUT2D eigenvalue weighted by Crippen LogP contribution is 2.21. The van der Waals surface area contributed by atoms with E-state index in [1.165, 1.54) is 11.1 Å². The van der Waals surface area contributed by atoms with Crippen molar-refractivity contribution in [2.24, 2.45) is 5.92 Å². The molecular weight excluding hydrogens is 250 g/mol. The molecule has 1 aliphatic rings. The average Bonchev–Trinajstić information content (AvgIpc) is 2.97. The average molecular weight is 277 g/mol. The minimum Gasteiger partial charge on any atom is -0.381 e. The number of ether oxygens (including phenoxy) is 2. The van der Waals surface area contributed by atoms with Gasteiger partial charge in [0.2, 0.25) is 0 Å². The third kappa shape index (κ3) is 4.30. The summed E-state index contributed by atoms with van der Waals surface area (Å²) in [6.45, 7) is 9.89. The number of nitrogens with one attached hydrogen (secondary N) is 1. The van der Waals surface area contributed by atoms with Crippen molar-refractivity contribution in [3.8, 4) is 0 Å². The van der Waals surface area contributed by atoms with Crippen LogP contribution in [0.25, 0.3) is 0 Å². The molecule has 3 atom stereocenters. The van der Waals surface area contributed by atoms with Crippen molar-refractivity contribution in [1.29, 1.82) is 0 Å². The van der Waals surface area contributed by atoms with E-state index in [-0.39, 0.29) is 12.1 Å². The molecule has 3 nitrogen and oxygen atoms in total. The van der Waals surface area contributed by atoms with Crippen LogP contribution >= 0.6 is 0 Å². The van der Waals surface area contributed by atoms with Crippen LogP contribution in [0.5, 0.6) is 0 Å². The Labute approximate surface area is 122 Å². The first-order valence-corrected chi connectivity index (χ1v) is 7.70. The Kier molecular flexibility index (Phi) is 6.02. The minimum absolute atomic E-state index is 0.165. The van der Waals surface area contributed by atoms with Crippen LogP contribution < -0.4 is 5.32 Å². The molecular formula is C17H27NO2. The molecule has 1 aromatic carbocycles. The van der Waals surface area contributed by atoms with Crippen LogP contribution in [0.15, 0.2) is 24.3 Å². The number of aryl methyl sites for hydroxylation is 1. The van der Waals surface area contributed by atoms with Gasteiger partial charge in [-0.3, -0.25) is 0 Å². The number of benzene rings is 1. The van der Waals surface area contributed by atoms with Crippen LogP contribution in [0.2, 0.25) is 0 Å². The van der Waals surface area contributed by atoms with Gasteiger partial charge in [-0.25, -0.2) is 0 Å². The number of likely N-dealkylation sites (N-methyl/N-ethyl adjacent to an activating group) is 1. The van der Waals surface area contributed by atoms with Gasteiger partial charge in [-0.15, -0.1) is 0 Å². The Bertz CT molecular complexity index is 384. The Morgan fingerprint density at radius 3 is 2.70 bits per heavy atom. The Hall–Kier alpha value is -0.900. The van der Waals surface area contributed by atoms with Crippen LogP contribution in [0.3, 0.4) is 0 Å². The zero-order valence-electron chi connectivity index (χ0n) is 12.9. The molecule has 2 rings (SSSR count). The van der Waals surface area contributed by atoms with E-state index < -0.39 is 0 Å². The molecule has 1 fully saturated rings. The molecule has 112 valence electrons. The number of hydrogen-bond donors (Lipinski definition) is 1. The fraction of sp³-hybridized carbons (Fsp3) is 0.647. The lowest BCUT2D eigenvalue weighted by molar-refractivity contribution is 0.0148. The molecule has 0 radical (unpaired) electrons. The molecule has 1 aromatic rings. The second-order valence-corrected chi connectivity index (χ2v) is 5.71. The third-order valence-corrected chi connectivity index (χ3v) is 3.95. The van der Waals surface area contributed by atoms with E-state index in [2.05, 4.69) is 50.4 Å². The molecule has 1 N–H and O–H groups in total. The highest BCUT2D eigenvalue weighted by atomic mass is 16.5. The lowest BCUT2D eigenvalue weighted by Crippen LogP contribution is -2.33. The van der Waals surface area contributed by atoms with Crippen molar-refractivity contribution in [3.05, 3.63) is 35.4 Å². The summed E-state index contributed by atoms with van der Waals surface area (Å²) in [7, 11) is 0. The molecule has 0 amide bonds. The highest BCUT2D eigenvalue weighted by molar-refractivity contribution is 5.24. The van der Waals surface area contributed by atoms with E-state index in [4.69, 9.17) is 9.47 Å².